The summed E-state index contributed by atoms with van der Waals surface area (Å²) in [6.45, 7) is 10.8. The summed E-state index contributed by atoms with van der Waals surface area (Å²) in [4.78, 5) is 12.3. The molecule has 2 unspecified atom stereocenters. The molecule has 0 spiro atoms. The summed E-state index contributed by atoms with van der Waals surface area (Å²) in [6.07, 6.45) is 2.51. The van der Waals surface area contributed by atoms with E-state index < -0.39 is 0 Å². The highest BCUT2D eigenvalue weighted by Crippen LogP contribution is 2.15. The fraction of sp³-hybridized carbons (Fsp3) is 0.524. The van der Waals surface area contributed by atoms with Crippen LogP contribution in [-0.2, 0) is 24.4 Å². The SMILES string of the molecule is CN=C(NCc1ccc(CN2CC(C)OC(C)C2)cc1)NCc1ncc(C)s1. The number of guanidine groups is 1. The smallest absolute Gasteiger partial charge is 0.191 e. The first-order chi connectivity index (χ1) is 13.5. The topological polar surface area (TPSA) is 61.8 Å². The van der Waals surface area contributed by atoms with Crippen LogP contribution in [0.5, 0.6) is 0 Å². The minimum Gasteiger partial charge on any atom is -0.373 e. The third-order valence-electron chi connectivity index (χ3n) is 4.68. The monoisotopic (exact) mass is 401 g/mol. The lowest BCUT2D eigenvalue weighted by Gasteiger charge is -2.35. The number of thiazole rings is 1. The molecular formula is C21H31N5OS. The Balaban J connectivity index is 1.45. The molecule has 0 radical (unpaired) electrons. The van der Waals surface area contributed by atoms with E-state index in [2.05, 4.69) is 70.5 Å². The quantitative estimate of drug-likeness (QED) is 0.576. The first-order valence-corrected chi connectivity index (χ1v) is 10.6. The molecule has 2 atom stereocenters. The predicted octanol–water partition coefficient (Wildman–Crippen LogP) is 2.93. The van der Waals surface area contributed by atoms with Gasteiger partial charge in [0.05, 0.1) is 18.8 Å². The highest BCUT2D eigenvalue weighted by Gasteiger charge is 2.21. The molecule has 1 aromatic heterocycles. The number of aromatic nitrogens is 1. The Morgan fingerprint density at radius 1 is 1.14 bits per heavy atom. The molecule has 0 bridgehead atoms. The standard InChI is InChI=1S/C21H31N5OS/c1-15-12-26(13-16(2)27-15)14-19-7-5-18(6-8-19)10-24-21(22-4)25-11-20-23-9-17(3)28-20/h5-9,15-16H,10-14H2,1-4H3,(H2,22,24,25). The van der Waals surface area contributed by atoms with Crippen molar-refractivity contribution in [2.24, 2.45) is 4.99 Å². The fourth-order valence-electron chi connectivity index (χ4n) is 3.48. The van der Waals surface area contributed by atoms with Crippen molar-refractivity contribution in [3.63, 3.8) is 0 Å². The average Bonchev–Trinajstić information content (AvgIpc) is 3.07. The van der Waals surface area contributed by atoms with Gasteiger partial charge in [-0.1, -0.05) is 24.3 Å². The molecule has 2 heterocycles. The molecule has 2 aromatic rings. The zero-order valence-electron chi connectivity index (χ0n) is 17.2. The van der Waals surface area contributed by atoms with Crippen LogP contribution >= 0.6 is 11.3 Å². The van der Waals surface area contributed by atoms with Crippen LogP contribution in [0.4, 0.5) is 0 Å². The molecular weight excluding hydrogens is 370 g/mol. The van der Waals surface area contributed by atoms with Crippen LogP contribution < -0.4 is 10.6 Å². The van der Waals surface area contributed by atoms with Gasteiger partial charge in [-0.3, -0.25) is 9.89 Å². The van der Waals surface area contributed by atoms with E-state index >= 15 is 0 Å². The second-order valence-electron chi connectivity index (χ2n) is 7.41. The summed E-state index contributed by atoms with van der Waals surface area (Å²) in [5.74, 6) is 0.785. The third kappa shape index (κ3) is 6.29. The molecule has 7 heteroatoms. The summed E-state index contributed by atoms with van der Waals surface area (Å²) < 4.78 is 5.82. The van der Waals surface area contributed by atoms with Gasteiger partial charge in [-0.05, 0) is 31.9 Å². The second kappa shape index (κ2) is 10.0. The maximum absolute atomic E-state index is 5.82. The molecule has 1 aliphatic heterocycles. The van der Waals surface area contributed by atoms with E-state index in [0.29, 0.717) is 18.8 Å². The Kier molecular flexibility index (Phi) is 7.42. The van der Waals surface area contributed by atoms with Gasteiger partial charge in [0.25, 0.3) is 0 Å². The van der Waals surface area contributed by atoms with Crippen molar-refractivity contribution in [1.82, 2.24) is 20.5 Å². The Labute approximate surface area is 172 Å². The Morgan fingerprint density at radius 2 is 1.79 bits per heavy atom. The Hall–Kier alpha value is -1.96. The van der Waals surface area contributed by atoms with Gasteiger partial charge in [-0.15, -0.1) is 11.3 Å². The maximum atomic E-state index is 5.82. The summed E-state index contributed by atoms with van der Waals surface area (Å²) >= 11 is 1.70. The van der Waals surface area contributed by atoms with E-state index in [1.165, 1.54) is 16.0 Å². The van der Waals surface area contributed by atoms with Crippen molar-refractivity contribution in [3.05, 3.63) is 51.5 Å². The van der Waals surface area contributed by atoms with Crippen LogP contribution in [0, 0.1) is 6.92 Å². The van der Waals surface area contributed by atoms with Crippen molar-refractivity contribution in [1.29, 1.82) is 0 Å². The normalized spacial score (nSPS) is 20.9. The summed E-state index contributed by atoms with van der Waals surface area (Å²) in [5, 5.41) is 7.74. The first-order valence-electron chi connectivity index (χ1n) is 9.83. The van der Waals surface area contributed by atoms with Gasteiger partial charge in [-0.25, -0.2) is 4.98 Å². The minimum absolute atomic E-state index is 0.305. The number of nitrogens with one attached hydrogen (secondary N) is 2. The number of rotatable bonds is 6. The van der Waals surface area contributed by atoms with Gasteiger partial charge in [0, 0.05) is 44.3 Å². The molecule has 1 aliphatic rings. The van der Waals surface area contributed by atoms with E-state index in [0.717, 1.165) is 37.1 Å². The molecule has 28 heavy (non-hydrogen) atoms. The van der Waals surface area contributed by atoms with E-state index in [9.17, 15) is 0 Å². The van der Waals surface area contributed by atoms with Crippen molar-refractivity contribution >= 4 is 17.3 Å². The van der Waals surface area contributed by atoms with Gasteiger partial charge in [0.15, 0.2) is 5.96 Å². The fourth-order valence-corrected chi connectivity index (χ4v) is 4.21. The summed E-state index contributed by atoms with van der Waals surface area (Å²) in [5.41, 5.74) is 2.58. The van der Waals surface area contributed by atoms with Crippen molar-refractivity contribution in [3.8, 4) is 0 Å². The van der Waals surface area contributed by atoms with E-state index in [1.807, 2.05) is 6.20 Å². The van der Waals surface area contributed by atoms with E-state index in [-0.39, 0.29) is 0 Å². The van der Waals surface area contributed by atoms with E-state index in [4.69, 9.17) is 4.74 Å². The molecule has 6 nitrogen and oxygen atoms in total. The van der Waals surface area contributed by atoms with Crippen LogP contribution in [0.3, 0.4) is 0 Å². The lowest BCUT2D eigenvalue weighted by atomic mass is 10.1. The zero-order chi connectivity index (χ0) is 19.9. The summed E-state index contributed by atoms with van der Waals surface area (Å²) in [7, 11) is 1.79. The lowest BCUT2D eigenvalue weighted by Crippen LogP contribution is -2.44. The molecule has 1 fully saturated rings. The molecule has 1 saturated heterocycles. The lowest BCUT2D eigenvalue weighted by molar-refractivity contribution is -0.0704. The molecule has 3 rings (SSSR count). The largest absolute Gasteiger partial charge is 0.373 e. The molecule has 0 amide bonds. The van der Waals surface area contributed by atoms with Crippen LogP contribution in [0.2, 0.25) is 0 Å². The number of aliphatic imine (C=N–C) groups is 1. The molecule has 2 N–H and O–H groups in total. The van der Waals surface area contributed by atoms with Crippen LogP contribution in [0.15, 0.2) is 35.5 Å². The number of morpholine rings is 1. The number of benzene rings is 1. The molecule has 152 valence electrons. The second-order valence-corrected chi connectivity index (χ2v) is 8.73. The van der Waals surface area contributed by atoms with Crippen molar-refractivity contribution < 1.29 is 4.74 Å². The molecule has 1 aromatic carbocycles. The molecule has 0 aliphatic carbocycles. The van der Waals surface area contributed by atoms with Crippen LogP contribution in [0.25, 0.3) is 0 Å². The van der Waals surface area contributed by atoms with Crippen LogP contribution in [-0.4, -0.2) is 48.2 Å². The maximum Gasteiger partial charge on any atom is 0.191 e. The van der Waals surface area contributed by atoms with E-state index in [1.54, 1.807) is 18.4 Å². The highest BCUT2D eigenvalue weighted by molar-refractivity contribution is 7.11. The summed E-state index contributed by atoms with van der Waals surface area (Å²) in [6, 6.07) is 8.81. The van der Waals surface area contributed by atoms with Gasteiger partial charge in [0.2, 0.25) is 0 Å². The number of aryl methyl sites for hydroxylation is 1. The number of ether oxygens (including phenoxy) is 1. The number of hydrogen-bond acceptors (Lipinski definition) is 5. The van der Waals surface area contributed by atoms with Gasteiger partial charge < -0.3 is 15.4 Å². The Morgan fingerprint density at radius 3 is 2.39 bits per heavy atom. The zero-order valence-corrected chi connectivity index (χ0v) is 18.1. The molecule has 0 saturated carbocycles. The Bertz CT molecular complexity index is 763. The van der Waals surface area contributed by atoms with Crippen LogP contribution in [0.1, 0.15) is 34.9 Å². The van der Waals surface area contributed by atoms with Crippen molar-refractivity contribution in [2.75, 3.05) is 20.1 Å². The van der Waals surface area contributed by atoms with Gasteiger partial charge >= 0.3 is 0 Å². The van der Waals surface area contributed by atoms with Gasteiger partial charge in [-0.2, -0.15) is 0 Å². The predicted molar refractivity (Wildman–Crippen MR) is 116 cm³/mol. The van der Waals surface area contributed by atoms with Gasteiger partial charge in [0.1, 0.15) is 5.01 Å². The average molecular weight is 402 g/mol. The minimum atomic E-state index is 0.305. The number of hydrogen-bond donors (Lipinski definition) is 2. The first kappa shape index (κ1) is 20.8. The highest BCUT2D eigenvalue weighted by atomic mass is 32.1. The number of nitrogens with zero attached hydrogens (tertiary/aromatic N) is 3. The third-order valence-corrected chi connectivity index (χ3v) is 5.60. The van der Waals surface area contributed by atoms with Crippen molar-refractivity contribution in [2.45, 2.75) is 52.6 Å².